The second-order valence-electron chi connectivity index (χ2n) is 4.68. The fraction of sp³-hybridized carbons (Fsp3) is 0.385. The number of hydrogen-bond acceptors (Lipinski definition) is 3. The Morgan fingerprint density at radius 2 is 2.11 bits per heavy atom. The van der Waals surface area contributed by atoms with Crippen LogP contribution in [-0.2, 0) is 0 Å². The number of hydrogen-bond donors (Lipinski definition) is 1. The van der Waals surface area contributed by atoms with Gasteiger partial charge in [-0.25, -0.2) is 5.10 Å². The third-order valence-corrected chi connectivity index (χ3v) is 3.75. The molecule has 18 heavy (non-hydrogen) atoms. The zero-order chi connectivity index (χ0) is 12.5. The quantitative estimate of drug-likeness (QED) is 0.844. The predicted octanol–water partition coefficient (Wildman–Crippen LogP) is 2.92. The van der Waals surface area contributed by atoms with E-state index in [1.807, 2.05) is 22.8 Å². The number of H-pyrrole nitrogens is 1. The van der Waals surface area contributed by atoms with Gasteiger partial charge in [0.25, 0.3) is 0 Å². The number of anilines is 1. The maximum absolute atomic E-state index is 5.35. The molecule has 3 rings (SSSR count). The predicted molar refractivity (Wildman–Crippen MR) is 74.8 cm³/mol. The first-order chi connectivity index (χ1) is 8.77. The molecule has 5 heteroatoms. The largest absolute Gasteiger partial charge is 0.338 e. The molecule has 1 aromatic carbocycles. The minimum Gasteiger partial charge on any atom is -0.338 e. The van der Waals surface area contributed by atoms with E-state index < -0.39 is 0 Å². The lowest BCUT2D eigenvalue weighted by Gasteiger charge is -2.22. The minimum atomic E-state index is 0.526. The molecule has 1 unspecified atom stereocenters. The summed E-state index contributed by atoms with van der Waals surface area (Å²) in [7, 11) is 0. The Balaban J connectivity index is 2.10. The van der Waals surface area contributed by atoms with Crippen molar-refractivity contribution in [3.8, 4) is 5.69 Å². The van der Waals surface area contributed by atoms with Crippen molar-refractivity contribution in [3.05, 3.63) is 35.1 Å². The second kappa shape index (κ2) is 4.57. The van der Waals surface area contributed by atoms with Crippen molar-refractivity contribution in [2.24, 2.45) is 0 Å². The van der Waals surface area contributed by atoms with E-state index in [1.54, 1.807) is 0 Å². The summed E-state index contributed by atoms with van der Waals surface area (Å²) in [5, 5.41) is 7.30. The number of nitrogens with one attached hydrogen (secondary N) is 1. The van der Waals surface area contributed by atoms with Crippen LogP contribution in [0.15, 0.2) is 30.3 Å². The Bertz CT molecular complexity index is 587. The fourth-order valence-electron chi connectivity index (χ4n) is 2.52. The fourth-order valence-corrected chi connectivity index (χ4v) is 2.75. The Kier molecular flexibility index (Phi) is 2.91. The number of benzene rings is 1. The van der Waals surface area contributed by atoms with Crippen LogP contribution in [-0.4, -0.2) is 27.4 Å². The smallest absolute Gasteiger partial charge is 0.230 e. The van der Waals surface area contributed by atoms with E-state index >= 15 is 0 Å². The molecular formula is C13H16N4S. The van der Waals surface area contributed by atoms with Crippen LogP contribution in [0, 0.1) is 4.77 Å². The summed E-state index contributed by atoms with van der Waals surface area (Å²) in [6, 6.07) is 10.7. The molecule has 2 heterocycles. The number of nitrogens with zero attached hydrogens (tertiary/aromatic N) is 3. The third kappa shape index (κ3) is 1.84. The number of rotatable bonds is 2. The maximum Gasteiger partial charge on any atom is 0.230 e. The van der Waals surface area contributed by atoms with E-state index in [9.17, 15) is 0 Å². The lowest BCUT2D eigenvalue weighted by molar-refractivity contribution is 0.709. The van der Waals surface area contributed by atoms with Gasteiger partial charge in [0.2, 0.25) is 10.7 Å². The Hall–Kier alpha value is -1.62. The van der Waals surface area contributed by atoms with Crippen LogP contribution in [0.4, 0.5) is 5.95 Å². The molecule has 0 radical (unpaired) electrons. The van der Waals surface area contributed by atoms with Gasteiger partial charge in [0.1, 0.15) is 0 Å². The molecule has 1 N–H and O–H groups in total. The standard InChI is InChI=1S/C13H16N4S/c1-10-6-5-9-16(10)12-14-15-13(18)17(12)11-7-3-2-4-8-11/h2-4,7-8,10H,5-6,9H2,1H3,(H,15,18). The van der Waals surface area contributed by atoms with Crippen molar-refractivity contribution in [2.75, 3.05) is 11.4 Å². The molecule has 94 valence electrons. The summed E-state index contributed by atoms with van der Waals surface area (Å²) in [5.41, 5.74) is 1.06. The molecule has 1 aliphatic rings. The van der Waals surface area contributed by atoms with Crippen LogP contribution >= 0.6 is 12.2 Å². The lowest BCUT2D eigenvalue weighted by Crippen LogP contribution is -2.29. The van der Waals surface area contributed by atoms with Gasteiger partial charge >= 0.3 is 0 Å². The van der Waals surface area contributed by atoms with Crippen LogP contribution in [0.5, 0.6) is 0 Å². The monoisotopic (exact) mass is 260 g/mol. The van der Waals surface area contributed by atoms with Crippen LogP contribution < -0.4 is 4.90 Å². The summed E-state index contributed by atoms with van der Waals surface area (Å²) in [5.74, 6) is 0.927. The van der Waals surface area contributed by atoms with Gasteiger partial charge in [-0.05, 0) is 44.1 Å². The van der Waals surface area contributed by atoms with Crippen LogP contribution in [0.3, 0.4) is 0 Å². The van der Waals surface area contributed by atoms with Crippen molar-refractivity contribution in [1.29, 1.82) is 0 Å². The number of aromatic nitrogens is 3. The SMILES string of the molecule is CC1CCCN1c1n[nH]c(=S)n1-c1ccccc1. The number of para-hydroxylation sites is 1. The zero-order valence-electron chi connectivity index (χ0n) is 10.3. The second-order valence-corrected chi connectivity index (χ2v) is 5.07. The Morgan fingerprint density at radius 3 is 2.78 bits per heavy atom. The van der Waals surface area contributed by atoms with Gasteiger partial charge in [-0.1, -0.05) is 18.2 Å². The topological polar surface area (TPSA) is 36.9 Å². The molecule has 4 nitrogen and oxygen atoms in total. The van der Waals surface area contributed by atoms with Gasteiger partial charge in [-0.2, -0.15) is 0 Å². The summed E-state index contributed by atoms with van der Waals surface area (Å²) in [6.07, 6.45) is 2.43. The molecular weight excluding hydrogens is 244 g/mol. The highest BCUT2D eigenvalue weighted by Crippen LogP contribution is 2.25. The molecule has 1 aromatic heterocycles. The first-order valence-corrected chi connectivity index (χ1v) is 6.67. The molecule has 1 aliphatic heterocycles. The molecule has 1 atom stereocenters. The number of aromatic amines is 1. The van der Waals surface area contributed by atoms with Crippen molar-refractivity contribution < 1.29 is 0 Å². The van der Waals surface area contributed by atoms with Crippen LogP contribution in [0.1, 0.15) is 19.8 Å². The molecule has 0 aliphatic carbocycles. The molecule has 1 saturated heterocycles. The first-order valence-electron chi connectivity index (χ1n) is 6.27. The van der Waals surface area contributed by atoms with Crippen LogP contribution in [0.2, 0.25) is 0 Å². The van der Waals surface area contributed by atoms with Crippen molar-refractivity contribution >= 4 is 18.2 Å². The Labute approximate surface area is 111 Å². The highest BCUT2D eigenvalue weighted by Gasteiger charge is 2.25. The highest BCUT2D eigenvalue weighted by atomic mass is 32.1. The normalized spacial score (nSPS) is 19.4. The van der Waals surface area contributed by atoms with Crippen molar-refractivity contribution in [2.45, 2.75) is 25.8 Å². The van der Waals surface area contributed by atoms with Gasteiger partial charge in [0, 0.05) is 12.6 Å². The van der Waals surface area contributed by atoms with E-state index in [1.165, 1.54) is 12.8 Å². The summed E-state index contributed by atoms with van der Waals surface area (Å²) in [6.45, 7) is 3.29. The minimum absolute atomic E-state index is 0.526. The summed E-state index contributed by atoms with van der Waals surface area (Å²) < 4.78 is 2.66. The van der Waals surface area contributed by atoms with Crippen molar-refractivity contribution in [1.82, 2.24) is 14.8 Å². The third-order valence-electron chi connectivity index (χ3n) is 3.48. The van der Waals surface area contributed by atoms with Gasteiger partial charge in [0.05, 0.1) is 5.69 Å². The van der Waals surface area contributed by atoms with E-state index in [-0.39, 0.29) is 0 Å². The average molecular weight is 260 g/mol. The van der Waals surface area contributed by atoms with E-state index in [0.29, 0.717) is 10.8 Å². The zero-order valence-corrected chi connectivity index (χ0v) is 11.2. The molecule has 0 amide bonds. The molecule has 2 aromatic rings. The molecule has 1 fully saturated rings. The van der Waals surface area contributed by atoms with E-state index in [4.69, 9.17) is 12.2 Å². The van der Waals surface area contributed by atoms with Gasteiger partial charge in [-0.3, -0.25) is 4.57 Å². The summed E-state index contributed by atoms with van der Waals surface area (Å²) >= 11 is 5.35. The van der Waals surface area contributed by atoms with Crippen LogP contribution in [0.25, 0.3) is 5.69 Å². The highest BCUT2D eigenvalue weighted by molar-refractivity contribution is 7.71. The average Bonchev–Trinajstić information content (AvgIpc) is 2.96. The Morgan fingerprint density at radius 1 is 1.33 bits per heavy atom. The lowest BCUT2D eigenvalue weighted by atomic mass is 10.2. The van der Waals surface area contributed by atoms with Crippen molar-refractivity contribution in [3.63, 3.8) is 0 Å². The summed E-state index contributed by atoms with van der Waals surface area (Å²) in [4.78, 5) is 2.32. The van der Waals surface area contributed by atoms with Gasteiger partial charge in [-0.15, -0.1) is 5.10 Å². The van der Waals surface area contributed by atoms with Gasteiger partial charge in [0.15, 0.2) is 0 Å². The molecule has 0 spiro atoms. The first kappa shape index (κ1) is 11.5. The van der Waals surface area contributed by atoms with E-state index in [2.05, 4.69) is 34.2 Å². The maximum atomic E-state index is 5.35. The van der Waals surface area contributed by atoms with E-state index in [0.717, 1.165) is 18.2 Å². The molecule has 0 saturated carbocycles. The molecule has 0 bridgehead atoms. The van der Waals surface area contributed by atoms with Gasteiger partial charge < -0.3 is 4.90 Å².